The summed E-state index contributed by atoms with van der Waals surface area (Å²) in [6, 6.07) is 0. The van der Waals surface area contributed by atoms with Crippen molar-refractivity contribution in [2.24, 2.45) is 23.2 Å². The van der Waals surface area contributed by atoms with E-state index in [-0.39, 0.29) is 17.3 Å². The predicted molar refractivity (Wildman–Crippen MR) is 63.0 cm³/mol. The molecule has 2 nitrogen and oxygen atoms in total. The first kappa shape index (κ1) is 11.0. The van der Waals surface area contributed by atoms with Crippen LogP contribution in [0.15, 0.2) is 0 Å². The van der Waals surface area contributed by atoms with Gasteiger partial charge in [0.05, 0.1) is 12.7 Å². The van der Waals surface area contributed by atoms with Crippen molar-refractivity contribution < 1.29 is 9.47 Å². The third-order valence-electron chi connectivity index (χ3n) is 5.97. The Morgan fingerprint density at radius 2 is 1.88 bits per heavy atom. The molecule has 0 radical (unpaired) electrons. The van der Waals surface area contributed by atoms with Crippen LogP contribution in [0.2, 0.25) is 0 Å². The maximum absolute atomic E-state index is 6.14. The summed E-state index contributed by atoms with van der Waals surface area (Å²) in [5.74, 6) is 2.12. The van der Waals surface area contributed by atoms with E-state index in [0.29, 0.717) is 0 Å². The molecule has 3 fully saturated rings. The SMILES string of the molecule is CC1COC(C)([C@]2(C)[C@@H]3CC[C@@H](C3)[C@H]2C)O1. The summed E-state index contributed by atoms with van der Waals surface area (Å²) < 4.78 is 12.2. The van der Waals surface area contributed by atoms with E-state index in [1.54, 1.807) is 0 Å². The molecule has 0 aromatic heterocycles. The molecule has 2 saturated carbocycles. The molecule has 3 aliphatic rings. The fourth-order valence-corrected chi connectivity index (χ4v) is 4.67. The molecule has 2 aliphatic carbocycles. The Hall–Kier alpha value is -0.0800. The largest absolute Gasteiger partial charge is 0.347 e. The quantitative estimate of drug-likeness (QED) is 0.681. The van der Waals surface area contributed by atoms with Gasteiger partial charge in [-0.2, -0.15) is 0 Å². The van der Waals surface area contributed by atoms with Gasteiger partial charge in [-0.15, -0.1) is 0 Å². The number of hydrogen-bond acceptors (Lipinski definition) is 2. The minimum atomic E-state index is -0.342. The molecule has 1 heterocycles. The topological polar surface area (TPSA) is 18.5 Å². The second-order valence-corrected chi connectivity index (χ2v) is 6.53. The highest BCUT2D eigenvalue weighted by molar-refractivity contribution is 5.08. The summed E-state index contributed by atoms with van der Waals surface area (Å²) in [5, 5.41) is 0. The molecule has 2 unspecified atom stereocenters. The normalized spacial score (nSPS) is 60.8. The summed E-state index contributed by atoms with van der Waals surface area (Å²) >= 11 is 0. The molecule has 1 saturated heterocycles. The molecule has 0 spiro atoms. The van der Waals surface area contributed by atoms with Gasteiger partial charge in [-0.05, 0) is 50.9 Å². The highest BCUT2D eigenvalue weighted by Crippen LogP contribution is 2.65. The Bertz CT molecular complexity index is 299. The molecule has 0 aromatic carbocycles. The van der Waals surface area contributed by atoms with E-state index >= 15 is 0 Å². The fourth-order valence-electron chi connectivity index (χ4n) is 4.67. The highest BCUT2D eigenvalue weighted by atomic mass is 16.7. The van der Waals surface area contributed by atoms with Gasteiger partial charge in [0.25, 0.3) is 0 Å². The second-order valence-electron chi connectivity index (χ2n) is 6.53. The van der Waals surface area contributed by atoms with Gasteiger partial charge >= 0.3 is 0 Å². The van der Waals surface area contributed by atoms with Crippen molar-refractivity contribution in [2.45, 2.75) is 58.8 Å². The molecule has 2 heteroatoms. The lowest BCUT2D eigenvalue weighted by molar-refractivity contribution is -0.255. The van der Waals surface area contributed by atoms with Gasteiger partial charge in [-0.1, -0.05) is 13.8 Å². The predicted octanol–water partition coefficient (Wildman–Crippen LogP) is 3.21. The zero-order valence-electron chi connectivity index (χ0n) is 11.0. The minimum Gasteiger partial charge on any atom is -0.347 e. The lowest BCUT2D eigenvalue weighted by Gasteiger charge is -2.49. The van der Waals surface area contributed by atoms with E-state index in [1.807, 2.05) is 0 Å². The third-order valence-corrected chi connectivity index (χ3v) is 5.97. The van der Waals surface area contributed by atoms with Crippen LogP contribution in [0.5, 0.6) is 0 Å². The van der Waals surface area contributed by atoms with Gasteiger partial charge in [0.1, 0.15) is 0 Å². The number of ether oxygens (including phenoxy) is 2. The Kier molecular flexibility index (Phi) is 2.23. The zero-order chi connectivity index (χ0) is 11.6. The molecular weight excluding hydrogens is 200 g/mol. The minimum absolute atomic E-state index is 0.223. The zero-order valence-corrected chi connectivity index (χ0v) is 11.0. The number of rotatable bonds is 1. The van der Waals surface area contributed by atoms with Crippen LogP contribution in [0, 0.1) is 23.2 Å². The average Bonchev–Trinajstić information content (AvgIpc) is 2.88. The van der Waals surface area contributed by atoms with Gasteiger partial charge in [0, 0.05) is 5.41 Å². The van der Waals surface area contributed by atoms with Crippen molar-refractivity contribution in [1.29, 1.82) is 0 Å². The van der Waals surface area contributed by atoms with Crippen LogP contribution in [0.4, 0.5) is 0 Å². The smallest absolute Gasteiger partial charge is 0.171 e. The maximum Gasteiger partial charge on any atom is 0.171 e. The molecule has 0 amide bonds. The third kappa shape index (κ3) is 1.15. The van der Waals surface area contributed by atoms with Crippen molar-refractivity contribution in [1.82, 2.24) is 0 Å². The van der Waals surface area contributed by atoms with Crippen molar-refractivity contribution >= 4 is 0 Å². The molecule has 16 heavy (non-hydrogen) atoms. The van der Waals surface area contributed by atoms with Crippen molar-refractivity contribution in [3.8, 4) is 0 Å². The Balaban J connectivity index is 1.93. The second kappa shape index (κ2) is 3.23. The van der Waals surface area contributed by atoms with Crippen molar-refractivity contribution in [3.63, 3.8) is 0 Å². The lowest BCUT2D eigenvalue weighted by Crippen LogP contribution is -2.52. The molecule has 0 aromatic rings. The monoisotopic (exact) mass is 224 g/mol. The van der Waals surface area contributed by atoms with Gasteiger partial charge in [0.15, 0.2) is 5.79 Å². The van der Waals surface area contributed by atoms with Gasteiger partial charge in [-0.25, -0.2) is 0 Å². The first-order chi connectivity index (χ1) is 7.47. The standard InChI is InChI=1S/C14H24O2/c1-9-8-15-14(4,16-9)13(3)10(2)11-5-6-12(13)7-11/h9-12H,5-8H2,1-4H3/t9?,10-,11+,12-,13+,14?/m1/s1. The lowest BCUT2D eigenvalue weighted by atomic mass is 9.63. The van der Waals surface area contributed by atoms with Crippen LogP contribution in [0.1, 0.15) is 47.0 Å². The van der Waals surface area contributed by atoms with Gasteiger partial charge in [0.2, 0.25) is 0 Å². The van der Waals surface area contributed by atoms with E-state index in [2.05, 4.69) is 27.7 Å². The van der Waals surface area contributed by atoms with Crippen LogP contribution in [-0.2, 0) is 9.47 Å². The first-order valence-electron chi connectivity index (χ1n) is 6.79. The fraction of sp³-hybridized carbons (Fsp3) is 1.00. The summed E-state index contributed by atoms with van der Waals surface area (Å²) in [6.07, 6.45) is 4.46. The summed E-state index contributed by atoms with van der Waals surface area (Å²) in [5.41, 5.74) is 0.223. The van der Waals surface area contributed by atoms with Gasteiger partial charge < -0.3 is 9.47 Å². The van der Waals surface area contributed by atoms with Crippen LogP contribution in [0.3, 0.4) is 0 Å². The average molecular weight is 224 g/mol. The molecule has 1 aliphatic heterocycles. The highest BCUT2D eigenvalue weighted by Gasteiger charge is 2.64. The molecule has 92 valence electrons. The molecule has 3 rings (SSSR count). The summed E-state index contributed by atoms with van der Waals surface area (Å²) in [4.78, 5) is 0. The van der Waals surface area contributed by atoms with Crippen LogP contribution in [-0.4, -0.2) is 18.5 Å². The van der Waals surface area contributed by atoms with Crippen LogP contribution < -0.4 is 0 Å². The molecule has 6 atom stereocenters. The Labute approximate surface area is 98.7 Å². The van der Waals surface area contributed by atoms with E-state index < -0.39 is 0 Å². The Morgan fingerprint density at radius 3 is 2.38 bits per heavy atom. The van der Waals surface area contributed by atoms with Crippen molar-refractivity contribution in [2.75, 3.05) is 6.61 Å². The molecule has 2 bridgehead atoms. The van der Waals surface area contributed by atoms with E-state index in [0.717, 1.165) is 24.4 Å². The van der Waals surface area contributed by atoms with Crippen molar-refractivity contribution in [3.05, 3.63) is 0 Å². The summed E-state index contributed by atoms with van der Waals surface area (Å²) in [7, 11) is 0. The van der Waals surface area contributed by atoms with E-state index in [1.165, 1.54) is 19.3 Å². The van der Waals surface area contributed by atoms with E-state index in [4.69, 9.17) is 9.47 Å². The van der Waals surface area contributed by atoms with Crippen LogP contribution >= 0.6 is 0 Å². The molecular formula is C14H24O2. The maximum atomic E-state index is 6.14. The number of hydrogen-bond donors (Lipinski definition) is 0. The summed E-state index contributed by atoms with van der Waals surface area (Å²) in [6.45, 7) is 9.86. The molecule has 0 N–H and O–H groups in total. The Morgan fingerprint density at radius 1 is 1.12 bits per heavy atom. The first-order valence-corrected chi connectivity index (χ1v) is 6.79. The van der Waals surface area contributed by atoms with E-state index in [9.17, 15) is 0 Å². The number of fused-ring (bicyclic) bond motifs is 2. The van der Waals surface area contributed by atoms with Gasteiger partial charge in [-0.3, -0.25) is 0 Å². The van der Waals surface area contributed by atoms with Crippen LogP contribution in [0.25, 0.3) is 0 Å².